The number of hydrogen-bond donors (Lipinski definition) is 0. The molecule has 11 heteroatoms. The molecule has 1 aliphatic heterocycles. The maximum Gasteiger partial charge on any atom is 0.237 e. The smallest absolute Gasteiger partial charge is 0.237 e. The maximum atomic E-state index is 12.2. The summed E-state index contributed by atoms with van der Waals surface area (Å²) in [6.45, 7) is 0.879. The highest BCUT2D eigenvalue weighted by Crippen LogP contribution is 2.17. The van der Waals surface area contributed by atoms with Crippen molar-refractivity contribution in [2.45, 2.75) is 18.9 Å². The van der Waals surface area contributed by atoms with Gasteiger partial charge in [-0.25, -0.2) is 13.1 Å². The van der Waals surface area contributed by atoms with Crippen LogP contribution in [0.2, 0.25) is 0 Å². The van der Waals surface area contributed by atoms with Gasteiger partial charge >= 0.3 is 0 Å². The Labute approximate surface area is 157 Å². The molecule has 3 rings (SSSR count). The lowest BCUT2D eigenvalue weighted by Crippen LogP contribution is -2.46. The standard InChI is InChI=1S/C16H22N6O4S/c1-20(27(2,24)25)12-16(23)21-10-6-13(7-11-21)26-15-5-4-14(18-19-15)22-9-3-8-17-22/h3-5,8-9,13H,6-7,10-12H2,1-2H3. The van der Waals surface area contributed by atoms with Crippen LogP contribution in [0.25, 0.3) is 5.82 Å². The van der Waals surface area contributed by atoms with Gasteiger partial charge in [0.25, 0.3) is 0 Å². The zero-order valence-corrected chi connectivity index (χ0v) is 16.0. The SMILES string of the molecule is CN(CC(=O)N1CCC(Oc2ccc(-n3cccn3)nn2)CC1)S(C)(=O)=O. The van der Waals surface area contributed by atoms with E-state index in [-0.39, 0.29) is 18.6 Å². The summed E-state index contributed by atoms with van der Waals surface area (Å²) in [6, 6.07) is 5.31. The number of carbonyl (C=O) groups excluding carboxylic acids is 1. The fourth-order valence-electron chi connectivity index (χ4n) is 2.70. The van der Waals surface area contributed by atoms with Crippen LogP contribution < -0.4 is 4.74 Å². The van der Waals surface area contributed by atoms with Gasteiger partial charge in [-0.1, -0.05) is 0 Å². The maximum absolute atomic E-state index is 12.2. The highest BCUT2D eigenvalue weighted by Gasteiger charge is 2.26. The minimum absolute atomic E-state index is 0.0634. The van der Waals surface area contributed by atoms with Gasteiger partial charge < -0.3 is 9.64 Å². The largest absolute Gasteiger partial charge is 0.473 e. The van der Waals surface area contributed by atoms with Crippen molar-refractivity contribution in [1.29, 1.82) is 0 Å². The third-order valence-corrected chi connectivity index (χ3v) is 5.63. The van der Waals surface area contributed by atoms with Gasteiger partial charge in [-0.2, -0.15) is 9.40 Å². The van der Waals surface area contributed by atoms with Crippen molar-refractivity contribution in [3.8, 4) is 11.7 Å². The Bertz CT molecular complexity index is 861. The van der Waals surface area contributed by atoms with Crippen molar-refractivity contribution in [2.75, 3.05) is 32.9 Å². The van der Waals surface area contributed by atoms with E-state index in [4.69, 9.17) is 4.74 Å². The van der Waals surface area contributed by atoms with Crippen LogP contribution in [-0.2, 0) is 14.8 Å². The summed E-state index contributed by atoms with van der Waals surface area (Å²) in [6.07, 6.45) is 5.76. The Hall–Kier alpha value is -2.53. The van der Waals surface area contributed by atoms with E-state index in [9.17, 15) is 13.2 Å². The van der Waals surface area contributed by atoms with E-state index >= 15 is 0 Å². The summed E-state index contributed by atoms with van der Waals surface area (Å²) in [5.41, 5.74) is 0. The molecule has 10 nitrogen and oxygen atoms in total. The normalized spacial score (nSPS) is 15.9. The Morgan fingerprint density at radius 3 is 2.59 bits per heavy atom. The predicted molar refractivity (Wildman–Crippen MR) is 96.9 cm³/mol. The molecule has 0 unspecified atom stereocenters. The number of sulfonamides is 1. The van der Waals surface area contributed by atoms with Gasteiger partial charge in [-0.15, -0.1) is 10.2 Å². The highest BCUT2D eigenvalue weighted by atomic mass is 32.2. The number of nitrogens with zero attached hydrogens (tertiary/aromatic N) is 6. The number of likely N-dealkylation sites (tertiary alicyclic amines) is 1. The number of hydrogen-bond acceptors (Lipinski definition) is 7. The average molecular weight is 394 g/mol. The quantitative estimate of drug-likeness (QED) is 0.674. The molecule has 2 aromatic rings. The second-order valence-electron chi connectivity index (χ2n) is 6.40. The first-order chi connectivity index (χ1) is 12.8. The number of amides is 1. The number of likely N-dealkylation sites (N-methyl/N-ethyl adjacent to an activating group) is 1. The Morgan fingerprint density at radius 2 is 2.04 bits per heavy atom. The lowest BCUT2D eigenvalue weighted by Gasteiger charge is -2.32. The molecule has 0 saturated carbocycles. The van der Waals surface area contributed by atoms with Crippen LogP contribution in [0, 0.1) is 0 Å². The molecule has 0 N–H and O–H groups in total. The number of aromatic nitrogens is 4. The van der Waals surface area contributed by atoms with E-state index < -0.39 is 10.0 Å². The molecule has 1 aliphatic rings. The first-order valence-electron chi connectivity index (χ1n) is 8.52. The molecule has 0 bridgehead atoms. The number of piperidine rings is 1. The Kier molecular flexibility index (Phi) is 5.71. The molecule has 0 aliphatic carbocycles. The molecule has 0 spiro atoms. The molecular formula is C16H22N6O4S. The van der Waals surface area contributed by atoms with Crippen molar-refractivity contribution < 1.29 is 17.9 Å². The first kappa shape index (κ1) is 19.2. The lowest BCUT2D eigenvalue weighted by atomic mass is 10.1. The summed E-state index contributed by atoms with van der Waals surface area (Å²) in [5, 5.41) is 12.2. The minimum Gasteiger partial charge on any atom is -0.473 e. The average Bonchev–Trinajstić information content (AvgIpc) is 3.17. The van der Waals surface area contributed by atoms with Gasteiger partial charge in [0.15, 0.2) is 5.82 Å². The highest BCUT2D eigenvalue weighted by molar-refractivity contribution is 7.88. The first-order valence-corrected chi connectivity index (χ1v) is 10.4. The zero-order chi connectivity index (χ0) is 19.4. The predicted octanol–water partition coefficient (Wildman–Crippen LogP) is -0.0765. The molecule has 3 heterocycles. The second kappa shape index (κ2) is 8.01. The van der Waals surface area contributed by atoms with E-state index in [1.165, 1.54) is 7.05 Å². The van der Waals surface area contributed by atoms with Gasteiger partial charge in [0.1, 0.15) is 6.10 Å². The summed E-state index contributed by atoms with van der Waals surface area (Å²) in [5.74, 6) is 0.819. The van der Waals surface area contributed by atoms with E-state index in [1.807, 2.05) is 0 Å². The molecule has 1 amide bonds. The zero-order valence-electron chi connectivity index (χ0n) is 15.2. The fourth-order valence-corrected chi connectivity index (χ4v) is 3.05. The number of carbonyl (C=O) groups is 1. The van der Waals surface area contributed by atoms with Crippen molar-refractivity contribution in [1.82, 2.24) is 29.2 Å². The van der Waals surface area contributed by atoms with Crippen molar-refractivity contribution >= 4 is 15.9 Å². The van der Waals surface area contributed by atoms with Crippen molar-refractivity contribution in [3.63, 3.8) is 0 Å². The molecule has 2 aromatic heterocycles. The van der Waals surface area contributed by atoms with Crippen LogP contribution in [0.5, 0.6) is 5.88 Å². The molecule has 1 saturated heterocycles. The van der Waals surface area contributed by atoms with Gasteiger partial charge in [0, 0.05) is 51.4 Å². The monoisotopic (exact) mass is 394 g/mol. The van der Waals surface area contributed by atoms with E-state index in [2.05, 4.69) is 15.3 Å². The van der Waals surface area contributed by atoms with E-state index in [0.29, 0.717) is 37.6 Å². The number of rotatable bonds is 6. The minimum atomic E-state index is -3.37. The Balaban J connectivity index is 1.49. The van der Waals surface area contributed by atoms with Gasteiger partial charge in [-0.3, -0.25) is 4.79 Å². The topological polar surface area (TPSA) is 111 Å². The summed E-state index contributed by atoms with van der Waals surface area (Å²) in [7, 11) is -1.97. The van der Waals surface area contributed by atoms with Crippen molar-refractivity contribution in [2.24, 2.45) is 0 Å². The fraction of sp³-hybridized carbons (Fsp3) is 0.500. The van der Waals surface area contributed by atoms with E-state index in [0.717, 1.165) is 10.6 Å². The van der Waals surface area contributed by atoms with Crippen LogP contribution in [0.15, 0.2) is 30.6 Å². The van der Waals surface area contributed by atoms with Gasteiger partial charge in [0.05, 0.1) is 12.8 Å². The van der Waals surface area contributed by atoms with Gasteiger partial charge in [-0.05, 0) is 12.1 Å². The second-order valence-corrected chi connectivity index (χ2v) is 8.49. The molecule has 0 atom stereocenters. The van der Waals surface area contributed by atoms with Gasteiger partial charge in [0.2, 0.25) is 21.8 Å². The van der Waals surface area contributed by atoms with Crippen LogP contribution in [0.3, 0.4) is 0 Å². The molecule has 1 fully saturated rings. The molecule has 0 radical (unpaired) electrons. The Morgan fingerprint density at radius 1 is 1.30 bits per heavy atom. The molecule has 146 valence electrons. The van der Waals surface area contributed by atoms with Crippen LogP contribution in [0.1, 0.15) is 12.8 Å². The van der Waals surface area contributed by atoms with Crippen molar-refractivity contribution in [3.05, 3.63) is 30.6 Å². The third-order valence-electron chi connectivity index (χ3n) is 4.37. The van der Waals surface area contributed by atoms with E-state index in [1.54, 1.807) is 40.2 Å². The summed E-state index contributed by atoms with van der Waals surface area (Å²) < 4.78 is 31.3. The number of ether oxygens (including phenoxy) is 1. The summed E-state index contributed by atoms with van der Waals surface area (Å²) in [4.78, 5) is 13.9. The van der Waals surface area contributed by atoms with Crippen LogP contribution in [0.4, 0.5) is 0 Å². The molecule has 27 heavy (non-hydrogen) atoms. The third kappa shape index (κ3) is 5.01. The molecule has 0 aromatic carbocycles. The summed E-state index contributed by atoms with van der Waals surface area (Å²) >= 11 is 0. The van der Waals surface area contributed by atoms with Crippen LogP contribution in [-0.4, -0.2) is 82.5 Å². The van der Waals surface area contributed by atoms with Crippen LogP contribution >= 0.6 is 0 Å². The lowest BCUT2D eigenvalue weighted by molar-refractivity contribution is -0.133. The molecular weight excluding hydrogens is 372 g/mol.